The van der Waals surface area contributed by atoms with Crippen molar-refractivity contribution in [2.75, 3.05) is 5.32 Å². The summed E-state index contributed by atoms with van der Waals surface area (Å²) in [4.78, 5) is 0. The molecule has 1 aromatic carbocycles. The Hall–Kier alpha value is -1.77. The maximum atomic E-state index is 4.39. The van der Waals surface area contributed by atoms with Crippen LogP contribution in [0.1, 0.15) is 31.9 Å². The van der Waals surface area contributed by atoms with E-state index in [4.69, 9.17) is 0 Å². The van der Waals surface area contributed by atoms with E-state index < -0.39 is 0 Å². The van der Waals surface area contributed by atoms with Crippen molar-refractivity contribution in [2.45, 2.75) is 32.7 Å². The zero-order chi connectivity index (χ0) is 12.0. The van der Waals surface area contributed by atoms with Crippen LogP contribution >= 0.6 is 0 Å². The Labute approximate surface area is 101 Å². The molecule has 0 amide bonds. The van der Waals surface area contributed by atoms with Gasteiger partial charge in [0.05, 0.1) is 5.69 Å². The van der Waals surface area contributed by atoms with Crippen molar-refractivity contribution in [2.24, 2.45) is 0 Å². The number of hydrogen-bond acceptors (Lipinski definition) is 2. The molecule has 1 aliphatic carbocycles. The zero-order valence-electron chi connectivity index (χ0n) is 10.5. The molecule has 0 saturated heterocycles. The van der Waals surface area contributed by atoms with Gasteiger partial charge in [0.2, 0.25) is 0 Å². The fourth-order valence-corrected chi connectivity index (χ4v) is 2.33. The van der Waals surface area contributed by atoms with Gasteiger partial charge in [-0.25, -0.2) is 0 Å². The van der Waals surface area contributed by atoms with E-state index in [0.29, 0.717) is 0 Å². The molecule has 0 fully saturated rings. The van der Waals surface area contributed by atoms with Gasteiger partial charge in [0.1, 0.15) is 0 Å². The van der Waals surface area contributed by atoms with Gasteiger partial charge in [0.25, 0.3) is 0 Å². The highest BCUT2D eigenvalue weighted by atomic mass is 15.2. The van der Waals surface area contributed by atoms with Crippen molar-refractivity contribution in [3.8, 4) is 11.3 Å². The molecular weight excluding hydrogens is 210 g/mol. The Morgan fingerprint density at radius 1 is 1.24 bits per heavy atom. The van der Waals surface area contributed by atoms with Gasteiger partial charge in [-0.15, -0.1) is 0 Å². The molecule has 0 unspecified atom stereocenters. The minimum atomic E-state index is 0.0394. The first-order valence-electron chi connectivity index (χ1n) is 5.98. The highest BCUT2D eigenvalue weighted by molar-refractivity contribution is 5.78. The van der Waals surface area contributed by atoms with Crippen LogP contribution in [0.3, 0.4) is 0 Å². The van der Waals surface area contributed by atoms with E-state index in [-0.39, 0.29) is 5.54 Å². The largest absolute Gasteiger partial charge is 0.364 e. The van der Waals surface area contributed by atoms with Crippen molar-refractivity contribution in [1.82, 2.24) is 10.2 Å². The molecular formula is C14H17N3. The predicted octanol–water partition coefficient (Wildman–Crippen LogP) is 3.19. The van der Waals surface area contributed by atoms with E-state index in [2.05, 4.69) is 60.6 Å². The Bertz CT molecular complexity index is 561. The van der Waals surface area contributed by atoms with Gasteiger partial charge in [-0.1, -0.05) is 24.3 Å². The molecule has 88 valence electrons. The second-order valence-corrected chi connectivity index (χ2v) is 5.63. The monoisotopic (exact) mass is 227 g/mol. The third-order valence-corrected chi connectivity index (χ3v) is 3.01. The average Bonchev–Trinajstić information content (AvgIpc) is 2.77. The smallest absolute Gasteiger partial charge is 0.152 e. The second-order valence-electron chi connectivity index (χ2n) is 5.63. The number of fused-ring (bicyclic) bond motifs is 3. The van der Waals surface area contributed by atoms with Crippen LogP contribution in [0.15, 0.2) is 24.3 Å². The topological polar surface area (TPSA) is 40.7 Å². The fraction of sp³-hybridized carbons (Fsp3) is 0.357. The first-order chi connectivity index (χ1) is 8.04. The number of benzene rings is 1. The van der Waals surface area contributed by atoms with Crippen LogP contribution in [0.2, 0.25) is 0 Å². The number of rotatable bonds is 1. The number of nitrogens with zero attached hydrogens (tertiary/aromatic N) is 1. The summed E-state index contributed by atoms with van der Waals surface area (Å²) < 4.78 is 0. The van der Waals surface area contributed by atoms with Crippen molar-refractivity contribution in [1.29, 1.82) is 0 Å². The molecule has 0 atom stereocenters. The van der Waals surface area contributed by atoms with Gasteiger partial charge in [0, 0.05) is 23.1 Å². The van der Waals surface area contributed by atoms with Gasteiger partial charge in [-0.05, 0) is 26.3 Å². The summed E-state index contributed by atoms with van der Waals surface area (Å²) in [5.74, 6) is 0.990. The molecule has 2 N–H and O–H groups in total. The van der Waals surface area contributed by atoms with Crippen LogP contribution in [-0.2, 0) is 6.42 Å². The Morgan fingerprint density at radius 2 is 2.00 bits per heavy atom. The summed E-state index contributed by atoms with van der Waals surface area (Å²) in [5, 5.41) is 11.0. The number of hydrogen-bond donors (Lipinski definition) is 2. The molecule has 17 heavy (non-hydrogen) atoms. The fourth-order valence-electron chi connectivity index (χ4n) is 2.33. The maximum Gasteiger partial charge on any atom is 0.152 e. The SMILES string of the molecule is CC(C)(C)Nc1n[nH]c2c1Cc1ccccc1-2. The molecule has 3 rings (SSSR count). The highest BCUT2D eigenvalue weighted by Crippen LogP contribution is 2.38. The summed E-state index contributed by atoms with van der Waals surface area (Å²) in [5.41, 5.74) is 5.18. The molecule has 0 saturated carbocycles. The van der Waals surface area contributed by atoms with Crippen LogP contribution in [0.25, 0.3) is 11.3 Å². The minimum absolute atomic E-state index is 0.0394. The van der Waals surface area contributed by atoms with Gasteiger partial charge < -0.3 is 5.32 Å². The third kappa shape index (κ3) is 1.71. The predicted molar refractivity (Wildman–Crippen MR) is 70.2 cm³/mol. The molecule has 0 aliphatic heterocycles. The number of aromatic nitrogens is 2. The van der Waals surface area contributed by atoms with Crippen molar-refractivity contribution < 1.29 is 0 Å². The van der Waals surface area contributed by atoms with Crippen LogP contribution in [-0.4, -0.2) is 15.7 Å². The lowest BCUT2D eigenvalue weighted by atomic mass is 10.1. The third-order valence-electron chi connectivity index (χ3n) is 3.01. The molecule has 0 radical (unpaired) electrons. The molecule has 3 nitrogen and oxygen atoms in total. The van der Waals surface area contributed by atoms with E-state index in [1.165, 1.54) is 22.4 Å². The van der Waals surface area contributed by atoms with Crippen molar-refractivity contribution in [3.63, 3.8) is 0 Å². The van der Waals surface area contributed by atoms with Gasteiger partial charge in [-0.2, -0.15) is 5.10 Å². The number of anilines is 1. The van der Waals surface area contributed by atoms with Crippen molar-refractivity contribution >= 4 is 5.82 Å². The van der Waals surface area contributed by atoms with Crippen LogP contribution < -0.4 is 5.32 Å². The number of aromatic amines is 1. The summed E-state index contributed by atoms with van der Waals surface area (Å²) >= 11 is 0. The Morgan fingerprint density at radius 3 is 2.76 bits per heavy atom. The molecule has 1 heterocycles. The summed E-state index contributed by atoms with van der Waals surface area (Å²) in [7, 11) is 0. The van der Waals surface area contributed by atoms with E-state index in [1.807, 2.05) is 0 Å². The second kappa shape index (κ2) is 3.36. The lowest BCUT2D eigenvalue weighted by Gasteiger charge is -2.20. The van der Waals surface area contributed by atoms with Gasteiger partial charge >= 0.3 is 0 Å². The normalized spacial score (nSPS) is 13.4. The molecule has 1 aromatic heterocycles. The zero-order valence-corrected chi connectivity index (χ0v) is 10.5. The Balaban J connectivity index is 2.02. The van der Waals surface area contributed by atoms with Crippen molar-refractivity contribution in [3.05, 3.63) is 35.4 Å². The molecule has 0 bridgehead atoms. The summed E-state index contributed by atoms with van der Waals surface area (Å²) in [6.07, 6.45) is 0.973. The molecule has 3 heteroatoms. The highest BCUT2D eigenvalue weighted by Gasteiger charge is 2.25. The molecule has 1 aliphatic rings. The van der Waals surface area contributed by atoms with E-state index in [0.717, 1.165) is 12.2 Å². The van der Waals surface area contributed by atoms with Crippen LogP contribution in [0.5, 0.6) is 0 Å². The van der Waals surface area contributed by atoms with Crippen LogP contribution in [0.4, 0.5) is 5.82 Å². The first kappa shape index (κ1) is 10.4. The Kier molecular flexibility index (Phi) is 2.05. The van der Waals surface area contributed by atoms with Crippen LogP contribution in [0, 0.1) is 0 Å². The molecule has 0 spiro atoms. The van der Waals surface area contributed by atoms with Gasteiger partial charge in [-0.3, -0.25) is 5.10 Å². The lowest BCUT2D eigenvalue weighted by molar-refractivity contribution is 0.629. The summed E-state index contributed by atoms with van der Waals surface area (Å²) in [6, 6.07) is 8.50. The summed E-state index contributed by atoms with van der Waals surface area (Å²) in [6.45, 7) is 6.45. The first-order valence-corrected chi connectivity index (χ1v) is 5.98. The minimum Gasteiger partial charge on any atom is -0.364 e. The molecule has 2 aromatic rings. The number of nitrogens with one attached hydrogen (secondary N) is 2. The van der Waals surface area contributed by atoms with E-state index >= 15 is 0 Å². The maximum absolute atomic E-state index is 4.39. The standard InChI is InChI=1S/C14H17N3/c1-14(2,3)15-13-11-8-9-6-4-5-7-10(9)12(11)16-17-13/h4-7H,8H2,1-3H3,(H2,15,16,17). The quantitative estimate of drug-likeness (QED) is 0.670. The van der Waals surface area contributed by atoms with Gasteiger partial charge in [0.15, 0.2) is 5.82 Å². The lowest BCUT2D eigenvalue weighted by Crippen LogP contribution is -2.26. The average molecular weight is 227 g/mol. The van der Waals surface area contributed by atoms with E-state index in [1.54, 1.807) is 0 Å². The van der Waals surface area contributed by atoms with E-state index in [9.17, 15) is 0 Å². The number of H-pyrrole nitrogens is 1.